The molecular formula is C17H20N2O3S. The molecule has 0 radical (unpaired) electrons. The highest BCUT2D eigenvalue weighted by Gasteiger charge is 2.23. The van der Waals surface area contributed by atoms with Crippen LogP contribution in [0.2, 0.25) is 0 Å². The highest BCUT2D eigenvalue weighted by molar-refractivity contribution is 7.13. The van der Waals surface area contributed by atoms with Crippen LogP contribution < -0.4 is 14.8 Å². The van der Waals surface area contributed by atoms with Crippen molar-refractivity contribution >= 4 is 22.9 Å². The molecule has 1 amide bonds. The lowest BCUT2D eigenvalue weighted by molar-refractivity contribution is 0.102. The highest BCUT2D eigenvalue weighted by Crippen LogP contribution is 2.38. The van der Waals surface area contributed by atoms with E-state index in [0.29, 0.717) is 22.9 Å². The minimum atomic E-state index is -0.167. The Morgan fingerprint density at radius 1 is 1.48 bits per heavy atom. The van der Waals surface area contributed by atoms with E-state index in [-0.39, 0.29) is 12.0 Å². The van der Waals surface area contributed by atoms with Crippen LogP contribution in [0.15, 0.2) is 12.1 Å². The van der Waals surface area contributed by atoms with Crippen molar-refractivity contribution in [2.45, 2.75) is 40.2 Å². The molecule has 1 aliphatic rings. The van der Waals surface area contributed by atoms with Gasteiger partial charge in [0.1, 0.15) is 22.5 Å². The van der Waals surface area contributed by atoms with Crippen LogP contribution in [0.4, 0.5) is 5.69 Å². The van der Waals surface area contributed by atoms with Gasteiger partial charge in [0.2, 0.25) is 0 Å². The topological polar surface area (TPSA) is 60.5 Å². The van der Waals surface area contributed by atoms with Crippen molar-refractivity contribution < 1.29 is 14.3 Å². The summed E-state index contributed by atoms with van der Waals surface area (Å²) in [5.41, 5.74) is 2.49. The monoisotopic (exact) mass is 332 g/mol. The Morgan fingerprint density at radius 2 is 2.26 bits per heavy atom. The fraction of sp³-hybridized carbons (Fsp3) is 0.412. The summed E-state index contributed by atoms with van der Waals surface area (Å²) >= 11 is 1.39. The first-order chi connectivity index (χ1) is 11.0. The van der Waals surface area contributed by atoms with Gasteiger partial charge in [-0.2, -0.15) is 0 Å². The van der Waals surface area contributed by atoms with E-state index in [1.54, 1.807) is 0 Å². The number of thiazole rings is 1. The number of rotatable bonds is 4. The Morgan fingerprint density at radius 3 is 2.91 bits per heavy atom. The van der Waals surface area contributed by atoms with Crippen molar-refractivity contribution in [1.82, 2.24) is 4.98 Å². The van der Waals surface area contributed by atoms with Gasteiger partial charge in [0.15, 0.2) is 0 Å². The van der Waals surface area contributed by atoms with Crippen LogP contribution in [0, 0.1) is 13.8 Å². The van der Waals surface area contributed by atoms with Gasteiger partial charge < -0.3 is 14.8 Å². The molecule has 1 atom stereocenters. The normalized spacial score (nSPS) is 15.9. The number of carbonyl (C=O) groups is 1. The Kier molecular flexibility index (Phi) is 4.26. The largest absolute Gasteiger partial charge is 0.492 e. The number of nitrogens with zero attached hydrogens (tertiary/aromatic N) is 1. The summed E-state index contributed by atoms with van der Waals surface area (Å²) in [6.45, 7) is 8.23. The molecule has 2 aromatic rings. The number of aromatic nitrogens is 1. The second kappa shape index (κ2) is 6.20. The van der Waals surface area contributed by atoms with Crippen LogP contribution >= 0.6 is 11.3 Å². The van der Waals surface area contributed by atoms with Gasteiger partial charge in [-0.1, -0.05) is 0 Å². The standard InChI is InChI=1S/C17H20N2O3S/c1-5-21-15-7-12-6-9(2)22-14(12)8-13(15)19-17(20)16-10(3)18-11(4)23-16/h7-9H,5-6H2,1-4H3,(H,19,20). The quantitative estimate of drug-likeness (QED) is 0.926. The third-order valence-electron chi connectivity index (χ3n) is 3.66. The Balaban J connectivity index is 1.91. The lowest BCUT2D eigenvalue weighted by Crippen LogP contribution is -2.13. The predicted molar refractivity (Wildman–Crippen MR) is 90.9 cm³/mol. The molecule has 3 rings (SSSR count). The van der Waals surface area contributed by atoms with E-state index in [1.165, 1.54) is 11.3 Å². The second-order valence-corrected chi connectivity index (χ2v) is 6.83. The van der Waals surface area contributed by atoms with Crippen LogP contribution in [0.25, 0.3) is 0 Å². The van der Waals surface area contributed by atoms with Crippen molar-refractivity contribution in [3.05, 3.63) is 33.3 Å². The number of aryl methyl sites for hydroxylation is 2. The fourth-order valence-corrected chi connectivity index (χ4v) is 3.55. The van der Waals surface area contributed by atoms with Gasteiger partial charge in [-0.25, -0.2) is 4.98 Å². The first kappa shape index (κ1) is 15.8. The molecular weight excluding hydrogens is 312 g/mol. The lowest BCUT2D eigenvalue weighted by atomic mass is 10.1. The molecule has 0 fully saturated rings. The maximum atomic E-state index is 12.5. The number of hydrogen-bond acceptors (Lipinski definition) is 5. The molecule has 2 heterocycles. The molecule has 1 aliphatic heterocycles. The number of benzene rings is 1. The van der Waals surface area contributed by atoms with Gasteiger partial charge in [-0.05, 0) is 33.8 Å². The highest BCUT2D eigenvalue weighted by atomic mass is 32.1. The van der Waals surface area contributed by atoms with E-state index in [1.807, 2.05) is 39.8 Å². The van der Waals surface area contributed by atoms with E-state index in [0.717, 1.165) is 28.4 Å². The van der Waals surface area contributed by atoms with Gasteiger partial charge >= 0.3 is 0 Å². The predicted octanol–water partition coefficient (Wildman–Crippen LogP) is 3.73. The lowest BCUT2D eigenvalue weighted by Gasteiger charge is -2.13. The van der Waals surface area contributed by atoms with Gasteiger partial charge in [-0.3, -0.25) is 4.79 Å². The van der Waals surface area contributed by atoms with Crippen LogP contribution in [0.1, 0.15) is 39.8 Å². The SMILES string of the molecule is CCOc1cc2c(cc1NC(=O)c1sc(C)nc1C)OC(C)C2. The van der Waals surface area contributed by atoms with Gasteiger partial charge in [-0.15, -0.1) is 11.3 Å². The molecule has 6 heteroatoms. The van der Waals surface area contributed by atoms with Crippen LogP contribution in [-0.4, -0.2) is 23.6 Å². The minimum absolute atomic E-state index is 0.150. The molecule has 0 saturated carbocycles. The van der Waals surface area contributed by atoms with E-state index in [2.05, 4.69) is 10.3 Å². The number of nitrogens with one attached hydrogen (secondary N) is 1. The van der Waals surface area contributed by atoms with Crippen molar-refractivity contribution in [3.8, 4) is 11.5 Å². The van der Waals surface area contributed by atoms with Crippen molar-refractivity contribution in [1.29, 1.82) is 0 Å². The molecule has 1 aromatic carbocycles. The molecule has 5 nitrogen and oxygen atoms in total. The summed E-state index contributed by atoms with van der Waals surface area (Å²) in [5, 5.41) is 3.82. The van der Waals surface area contributed by atoms with Crippen molar-refractivity contribution in [3.63, 3.8) is 0 Å². The summed E-state index contributed by atoms with van der Waals surface area (Å²) in [6.07, 6.45) is 1.01. The maximum absolute atomic E-state index is 12.5. The number of fused-ring (bicyclic) bond motifs is 1. The molecule has 0 aliphatic carbocycles. The molecule has 1 N–H and O–H groups in total. The summed E-state index contributed by atoms with van der Waals surface area (Å²) in [4.78, 5) is 17.5. The summed E-state index contributed by atoms with van der Waals surface area (Å²) in [5.74, 6) is 1.32. The molecule has 23 heavy (non-hydrogen) atoms. The van der Waals surface area contributed by atoms with Crippen LogP contribution in [-0.2, 0) is 6.42 Å². The molecule has 1 aromatic heterocycles. The van der Waals surface area contributed by atoms with Gasteiger partial charge in [0.05, 0.1) is 23.0 Å². The first-order valence-corrected chi connectivity index (χ1v) is 8.51. The molecule has 1 unspecified atom stereocenters. The van der Waals surface area contributed by atoms with E-state index >= 15 is 0 Å². The molecule has 122 valence electrons. The van der Waals surface area contributed by atoms with Crippen LogP contribution in [0.3, 0.4) is 0 Å². The number of hydrogen-bond donors (Lipinski definition) is 1. The second-order valence-electron chi connectivity index (χ2n) is 5.62. The average molecular weight is 332 g/mol. The van der Waals surface area contributed by atoms with Gasteiger partial charge in [0.25, 0.3) is 5.91 Å². The number of carbonyl (C=O) groups excluding carboxylic acids is 1. The van der Waals surface area contributed by atoms with E-state index < -0.39 is 0 Å². The third-order valence-corrected chi connectivity index (χ3v) is 4.73. The minimum Gasteiger partial charge on any atom is -0.492 e. The summed E-state index contributed by atoms with van der Waals surface area (Å²) in [7, 11) is 0. The van der Waals surface area contributed by atoms with Crippen molar-refractivity contribution in [2.75, 3.05) is 11.9 Å². The van der Waals surface area contributed by atoms with E-state index in [4.69, 9.17) is 9.47 Å². The maximum Gasteiger partial charge on any atom is 0.267 e. The average Bonchev–Trinajstić information content (AvgIpc) is 3.00. The fourth-order valence-electron chi connectivity index (χ4n) is 2.73. The smallest absolute Gasteiger partial charge is 0.267 e. The Labute approximate surface area is 139 Å². The Bertz CT molecular complexity index is 755. The van der Waals surface area contributed by atoms with Crippen LogP contribution in [0.5, 0.6) is 11.5 Å². The molecule has 0 spiro atoms. The third kappa shape index (κ3) is 3.17. The number of amides is 1. The van der Waals surface area contributed by atoms with Gasteiger partial charge in [0, 0.05) is 18.1 Å². The zero-order valence-corrected chi connectivity index (χ0v) is 14.5. The molecule has 0 bridgehead atoms. The number of ether oxygens (including phenoxy) is 2. The Hall–Kier alpha value is -2.08. The van der Waals surface area contributed by atoms with Crippen molar-refractivity contribution in [2.24, 2.45) is 0 Å². The molecule has 0 saturated heterocycles. The summed E-state index contributed by atoms with van der Waals surface area (Å²) < 4.78 is 11.5. The zero-order valence-electron chi connectivity index (χ0n) is 13.7. The van der Waals surface area contributed by atoms with E-state index in [9.17, 15) is 4.79 Å². The first-order valence-electron chi connectivity index (χ1n) is 7.69. The zero-order chi connectivity index (χ0) is 16.6. The summed E-state index contributed by atoms with van der Waals surface area (Å²) in [6, 6.07) is 3.81. The number of anilines is 1.